The van der Waals surface area contributed by atoms with Gasteiger partial charge in [-0.2, -0.15) is 0 Å². The molecule has 0 fully saturated rings. The number of aromatic hydroxyl groups is 1. The highest BCUT2D eigenvalue weighted by Crippen LogP contribution is 2.41. The largest absolute Gasteiger partial charge is 0.502 e. The van der Waals surface area contributed by atoms with E-state index in [9.17, 15) is 20.0 Å². The highest BCUT2D eigenvalue weighted by molar-refractivity contribution is 6.00. The third-order valence-corrected chi connectivity index (χ3v) is 2.99. The molecule has 0 saturated heterocycles. The van der Waals surface area contributed by atoms with Gasteiger partial charge in [-0.15, -0.1) is 0 Å². The lowest BCUT2D eigenvalue weighted by atomic mass is 10.0. The normalized spacial score (nSPS) is 10.8. The molecule has 0 amide bonds. The summed E-state index contributed by atoms with van der Waals surface area (Å²) in [7, 11) is 0. The monoisotopic (exact) mass is 265 g/mol. The second kappa shape index (κ2) is 4.27. The summed E-state index contributed by atoms with van der Waals surface area (Å²) in [5.41, 5.74) is 0.119. The Kier molecular flexibility index (Phi) is 2.89. The fourth-order valence-corrected chi connectivity index (χ4v) is 2.15. The van der Waals surface area contributed by atoms with Crippen molar-refractivity contribution in [3.05, 3.63) is 33.1 Å². The highest BCUT2D eigenvalue weighted by Gasteiger charge is 2.28. The number of aromatic carboxylic acids is 1. The molecular formula is C12H11NO6. The van der Waals surface area contributed by atoms with Crippen molar-refractivity contribution in [2.75, 3.05) is 0 Å². The van der Waals surface area contributed by atoms with E-state index in [-0.39, 0.29) is 11.3 Å². The van der Waals surface area contributed by atoms with Crippen molar-refractivity contribution in [2.45, 2.75) is 20.3 Å². The summed E-state index contributed by atoms with van der Waals surface area (Å²) >= 11 is 0. The molecule has 1 heterocycles. The lowest BCUT2D eigenvalue weighted by molar-refractivity contribution is -0.384. The molecule has 7 nitrogen and oxygen atoms in total. The van der Waals surface area contributed by atoms with Gasteiger partial charge in [-0.3, -0.25) is 10.1 Å². The number of nitrogens with zero attached hydrogens (tertiary/aromatic N) is 1. The second-order valence-corrected chi connectivity index (χ2v) is 4.08. The van der Waals surface area contributed by atoms with Crippen LogP contribution in [0.4, 0.5) is 5.69 Å². The number of carboxylic acid groups (broad SMARTS) is 1. The van der Waals surface area contributed by atoms with Crippen LogP contribution in [0.1, 0.15) is 28.6 Å². The van der Waals surface area contributed by atoms with Crippen LogP contribution in [0.5, 0.6) is 5.75 Å². The van der Waals surface area contributed by atoms with Gasteiger partial charge in [0.1, 0.15) is 0 Å². The standard InChI is InChI=1S/C12H11NO6/c1-3-6-4-7(14)9(13(17)18)11-8(6)5(2)10(19-11)12(15)16/h4,14H,3H2,1-2H3,(H,15,16). The fourth-order valence-electron chi connectivity index (χ4n) is 2.15. The maximum atomic E-state index is 11.0. The number of phenolic OH excluding ortho intramolecular Hbond substituents is 1. The van der Waals surface area contributed by atoms with Crippen molar-refractivity contribution >= 4 is 22.6 Å². The number of phenols is 1. The van der Waals surface area contributed by atoms with E-state index in [1.54, 1.807) is 6.92 Å². The van der Waals surface area contributed by atoms with Crippen molar-refractivity contribution in [3.8, 4) is 5.75 Å². The molecule has 2 N–H and O–H groups in total. The number of nitro groups is 1. The van der Waals surface area contributed by atoms with Crippen LogP contribution in [0.2, 0.25) is 0 Å². The molecule has 0 aliphatic carbocycles. The first-order chi connectivity index (χ1) is 8.88. The Balaban J connectivity index is 3.00. The molecule has 0 saturated carbocycles. The number of aryl methyl sites for hydroxylation is 2. The third-order valence-electron chi connectivity index (χ3n) is 2.99. The fraction of sp³-hybridized carbons (Fsp3) is 0.250. The van der Waals surface area contributed by atoms with E-state index in [0.29, 0.717) is 22.9 Å². The zero-order valence-corrected chi connectivity index (χ0v) is 10.3. The van der Waals surface area contributed by atoms with Gasteiger partial charge >= 0.3 is 11.7 Å². The highest BCUT2D eigenvalue weighted by atomic mass is 16.6. The maximum Gasteiger partial charge on any atom is 0.372 e. The zero-order chi connectivity index (χ0) is 14.3. The number of carbonyl (C=O) groups is 1. The van der Waals surface area contributed by atoms with Gasteiger partial charge in [0.2, 0.25) is 11.3 Å². The van der Waals surface area contributed by atoms with Gasteiger partial charge in [0.15, 0.2) is 5.75 Å². The summed E-state index contributed by atoms with van der Waals surface area (Å²) in [4.78, 5) is 21.2. The SMILES string of the molecule is CCc1cc(O)c([N+](=O)[O-])c2oc(C(=O)O)c(C)c12. The van der Waals surface area contributed by atoms with Crippen LogP contribution in [-0.4, -0.2) is 21.1 Å². The van der Waals surface area contributed by atoms with Crippen LogP contribution in [0, 0.1) is 17.0 Å². The Morgan fingerprint density at radius 1 is 1.53 bits per heavy atom. The topological polar surface area (TPSA) is 114 Å². The molecule has 0 spiro atoms. The number of furan rings is 1. The van der Waals surface area contributed by atoms with Gasteiger partial charge < -0.3 is 14.6 Å². The Labute approximate surface area is 107 Å². The van der Waals surface area contributed by atoms with E-state index in [2.05, 4.69) is 0 Å². The number of rotatable bonds is 3. The predicted molar refractivity (Wildman–Crippen MR) is 65.6 cm³/mol. The first kappa shape index (κ1) is 12.9. The minimum atomic E-state index is -1.30. The number of hydrogen-bond donors (Lipinski definition) is 2. The minimum Gasteiger partial charge on any atom is -0.502 e. The first-order valence-electron chi connectivity index (χ1n) is 5.54. The lowest BCUT2D eigenvalue weighted by Crippen LogP contribution is -1.95. The van der Waals surface area contributed by atoms with E-state index in [0.717, 1.165) is 0 Å². The quantitative estimate of drug-likeness (QED) is 0.651. The van der Waals surface area contributed by atoms with E-state index >= 15 is 0 Å². The summed E-state index contributed by atoms with van der Waals surface area (Å²) in [6.07, 6.45) is 0.488. The summed E-state index contributed by atoms with van der Waals surface area (Å²) < 4.78 is 5.07. The second-order valence-electron chi connectivity index (χ2n) is 4.08. The molecule has 0 unspecified atom stereocenters. The Morgan fingerprint density at radius 2 is 2.16 bits per heavy atom. The van der Waals surface area contributed by atoms with Crippen LogP contribution < -0.4 is 0 Å². The summed E-state index contributed by atoms with van der Waals surface area (Å²) in [6, 6.07) is 1.27. The first-order valence-corrected chi connectivity index (χ1v) is 5.54. The molecule has 0 aliphatic heterocycles. The molecule has 2 rings (SSSR count). The number of carboxylic acids is 1. The molecule has 19 heavy (non-hydrogen) atoms. The number of nitro benzene ring substituents is 1. The maximum absolute atomic E-state index is 11.0. The van der Waals surface area contributed by atoms with Crippen LogP contribution in [-0.2, 0) is 6.42 Å². The molecule has 2 aromatic rings. The van der Waals surface area contributed by atoms with Gasteiger partial charge in [-0.1, -0.05) is 6.92 Å². The van der Waals surface area contributed by atoms with Gasteiger partial charge in [-0.05, 0) is 25.0 Å². The van der Waals surface area contributed by atoms with Gasteiger partial charge in [-0.25, -0.2) is 4.79 Å². The van der Waals surface area contributed by atoms with E-state index in [1.165, 1.54) is 13.0 Å². The molecule has 7 heteroatoms. The van der Waals surface area contributed by atoms with Crippen molar-refractivity contribution < 1.29 is 24.3 Å². The molecule has 0 atom stereocenters. The Bertz CT molecular complexity index is 700. The van der Waals surface area contributed by atoms with Gasteiger partial charge in [0, 0.05) is 10.9 Å². The number of hydrogen-bond acceptors (Lipinski definition) is 5. The van der Waals surface area contributed by atoms with E-state index in [4.69, 9.17) is 9.52 Å². The average Bonchev–Trinajstić information content (AvgIpc) is 2.65. The number of benzene rings is 1. The van der Waals surface area contributed by atoms with Crippen LogP contribution in [0.15, 0.2) is 10.5 Å². The third kappa shape index (κ3) is 1.79. The number of fused-ring (bicyclic) bond motifs is 1. The van der Waals surface area contributed by atoms with Crippen LogP contribution >= 0.6 is 0 Å². The Hall–Kier alpha value is -2.57. The van der Waals surface area contributed by atoms with Crippen molar-refractivity contribution in [1.29, 1.82) is 0 Å². The van der Waals surface area contributed by atoms with E-state index in [1.807, 2.05) is 0 Å². The summed E-state index contributed by atoms with van der Waals surface area (Å²) in [5.74, 6) is -2.18. The molecule has 0 aliphatic rings. The lowest BCUT2D eigenvalue weighted by Gasteiger charge is -2.02. The van der Waals surface area contributed by atoms with Crippen LogP contribution in [0.3, 0.4) is 0 Å². The predicted octanol–water partition coefficient (Wildman–Crippen LogP) is 2.62. The van der Waals surface area contributed by atoms with Gasteiger partial charge in [0.05, 0.1) is 4.92 Å². The summed E-state index contributed by atoms with van der Waals surface area (Å²) in [5, 5.41) is 30.0. The summed E-state index contributed by atoms with van der Waals surface area (Å²) in [6.45, 7) is 3.32. The molecule has 0 radical (unpaired) electrons. The molecule has 100 valence electrons. The van der Waals surface area contributed by atoms with E-state index < -0.39 is 22.3 Å². The molecule has 1 aromatic carbocycles. The zero-order valence-electron chi connectivity index (χ0n) is 10.3. The Morgan fingerprint density at radius 3 is 2.63 bits per heavy atom. The molecular weight excluding hydrogens is 254 g/mol. The van der Waals surface area contributed by atoms with Crippen LogP contribution in [0.25, 0.3) is 11.0 Å². The molecule has 0 bridgehead atoms. The minimum absolute atomic E-state index is 0.197. The average molecular weight is 265 g/mol. The smallest absolute Gasteiger partial charge is 0.372 e. The molecule has 1 aromatic heterocycles. The van der Waals surface area contributed by atoms with Gasteiger partial charge in [0.25, 0.3) is 0 Å². The van der Waals surface area contributed by atoms with Crippen molar-refractivity contribution in [2.24, 2.45) is 0 Å². The van der Waals surface area contributed by atoms with Crippen molar-refractivity contribution in [1.82, 2.24) is 0 Å². The van der Waals surface area contributed by atoms with Crippen molar-refractivity contribution in [3.63, 3.8) is 0 Å².